The van der Waals surface area contributed by atoms with Gasteiger partial charge in [0.2, 0.25) is 0 Å². The number of likely N-dealkylation sites (N-methyl/N-ethyl adjacent to an activating group) is 1. The number of thiophene rings is 1. The van der Waals surface area contributed by atoms with Crippen LogP contribution in [-0.2, 0) is 6.42 Å². The maximum Gasteiger partial charge on any atom is 0.105 e. The molecule has 15 heavy (non-hydrogen) atoms. The predicted molar refractivity (Wildman–Crippen MR) is 66.2 cm³/mol. The lowest BCUT2D eigenvalue weighted by Crippen LogP contribution is -2.17. The van der Waals surface area contributed by atoms with E-state index in [9.17, 15) is 0 Å². The van der Waals surface area contributed by atoms with Gasteiger partial charge in [0.05, 0.1) is 6.26 Å². The molecule has 2 aromatic heterocycles. The fourth-order valence-electron chi connectivity index (χ4n) is 1.49. The third-order valence-electron chi connectivity index (χ3n) is 2.27. The van der Waals surface area contributed by atoms with Gasteiger partial charge in [-0.3, -0.25) is 0 Å². The predicted octanol–water partition coefficient (Wildman–Crippen LogP) is 3.61. The molecule has 0 spiro atoms. The summed E-state index contributed by atoms with van der Waals surface area (Å²) in [6.45, 7) is 0. The van der Waals surface area contributed by atoms with Crippen LogP contribution >= 0.6 is 27.3 Å². The van der Waals surface area contributed by atoms with Gasteiger partial charge in [0.1, 0.15) is 5.76 Å². The Morgan fingerprint density at radius 3 is 3.00 bits per heavy atom. The fourth-order valence-corrected chi connectivity index (χ4v) is 3.04. The van der Waals surface area contributed by atoms with Gasteiger partial charge in [-0.25, -0.2) is 0 Å². The van der Waals surface area contributed by atoms with Gasteiger partial charge in [-0.15, -0.1) is 11.3 Å². The maximum absolute atomic E-state index is 5.35. The van der Waals surface area contributed by atoms with Crippen LogP contribution in [0, 0.1) is 0 Å². The molecule has 0 aromatic carbocycles. The summed E-state index contributed by atoms with van der Waals surface area (Å²) in [4.78, 5) is 1.32. The molecule has 0 bridgehead atoms. The average Bonchev–Trinajstić information content (AvgIpc) is 2.85. The van der Waals surface area contributed by atoms with Crippen LogP contribution < -0.4 is 5.32 Å². The molecule has 0 saturated heterocycles. The molecular formula is C11H12BrNOS. The average molecular weight is 286 g/mol. The smallest absolute Gasteiger partial charge is 0.105 e. The SMILES string of the molecule is CNC(Cc1ccco1)c1cc(Br)cs1. The summed E-state index contributed by atoms with van der Waals surface area (Å²) in [7, 11) is 1.97. The van der Waals surface area contributed by atoms with Crippen LogP contribution in [0.25, 0.3) is 0 Å². The molecule has 0 aliphatic heterocycles. The Balaban J connectivity index is 2.11. The van der Waals surface area contributed by atoms with E-state index >= 15 is 0 Å². The Kier molecular flexibility index (Phi) is 3.61. The molecule has 0 aliphatic carbocycles. The van der Waals surface area contributed by atoms with Crippen molar-refractivity contribution in [2.24, 2.45) is 0 Å². The Labute approximate surface area is 101 Å². The third kappa shape index (κ3) is 2.71. The number of furan rings is 1. The van der Waals surface area contributed by atoms with E-state index in [1.807, 2.05) is 19.2 Å². The van der Waals surface area contributed by atoms with Crippen molar-refractivity contribution < 1.29 is 4.42 Å². The van der Waals surface area contributed by atoms with Crippen molar-refractivity contribution >= 4 is 27.3 Å². The second-order valence-corrected chi connectivity index (χ2v) is 5.15. The van der Waals surface area contributed by atoms with Gasteiger partial charge >= 0.3 is 0 Å². The van der Waals surface area contributed by atoms with E-state index < -0.39 is 0 Å². The van der Waals surface area contributed by atoms with E-state index in [1.54, 1.807) is 17.6 Å². The number of hydrogen-bond donors (Lipinski definition) is 1. The Morgan fingerprint density at radius 1 is 1.60 bits per heavy atom. The molecular weight excluding hydrogens is 274 g/mol. The van der Waals surface area contributed by atoms with Crippen molar-refractivity contribution in [3.63, 3.8) is 0 Å². The highest BCUT2D eigenvalue weighted by Gasteiger charge is 2.13. The lowest BCUT2D eigenvalue weighted by molar-refractivity contribution is 0.468. The zero-order valence-electron chi connectivity index (χ0n) is 8.37. The quantitative estimate of drug-likeness (QED) is 0.929. The summed E-state index contributed by atoms with van der Waals surface area (Å²) < 4.78 is 6.49. The van der Waals surface area contributed by atoms with Crippen LogP contribution in [0.3, 0.4) is 0 Å². The Morgan fingerprint density at radius 2 is 2.47 bits per heavy atom. The standard InChI is InChI=1S/C11H12BrNOS/c1-13-10(6-9-3-2-4-14-9)11-5-8(12)7-15-11/h2-5,7,10,13H,6H2,1H3. The van der Waals surface area contributed by atoms with Crippen LogP contribution in [0.1, 0.15) is 16.7 Å². The van der Waals surface area contributed by atoms with Gasteiger partial charge in [-0.2, -0.15) is 0 Å². The maximum atomic E-state index is 5.35. The molecule has 1 N–H and O–H groups in total. The summed E-state index contributed by atoms with van der Waals surface area (Å²) in [6, 6.07) is 6.40. The molecule has 4 heteroatoms. The molecule has 1 unspecified atom stereocenters. The third-order valence-corrected chi connectivity index (χ3v) is 4.07. The molecule has 1 atom stereocenters. The normalized spacial score (nSPS) is 12.9. The van der Waals surface area contributed by atoms with E-state index in [1.165, 1.54) is 4.88 Å². The van der Waals surface area contributed by atoms with Gasteiger partial charge in [0.15, 0.2) is 0 Å². The minimum Gasteiger partial charge on any atom is -0.469 e. The van der Waals surface area contributed by atoms with Gasteiger partial charge in [-0.1, -0.05) is 0 Å². The highest BCUT2D eigenvalue weighted by Crippen LogP contribution is 2.27. The number of rotatable bonds is 4. The van der Waals surface area contributed by atoms with Crippen molar-refractivity contribution in [2.45, 2.75) is 12.5 Å². The molecule has 2 nitrogen and oxygen atoms in total. The first-order valence-electron chi connectivity index (χ1n) is 4.73. The van der Waals surface area contributed by atoms with Gasteiger partial charge < -0.3 is 9.73 Å². The van der Waals surface area contributed by atoms with Crippen LogP contribution in [0.15, 0.2) is 38.7 Å². The number of nitrogens with one attached hydrogen (secondary N) is 1. The summed E-state index contributed by atoms with van der Waals surface area (Å²) >= 11 is 5.22. The molecule has 2 heterocycles. The summed E-state index contributed by atoms with van der Waals surface area (Å²) in [5.41, 5.74) is 0. The van der Waals surface area contributed by atoms with Gasteiger partial charge in [-0.05, 0) is 41.2 Å². The van der Waals surface area contributed by atoms with E-state index in [0.29, 0.717) is 6.04 Å². The fraction of sp³-hybridized carbons (Fsp3) is 0.273. The summed E-state index contributed by atoms with van der Waals surface area (Å²) in [5, 5.41) is 5.40. The summed E-state index contributed by atoms with van der Waals surface area (Å²) in [6.07, 6.45) is 2.60. The zero-order valence-corrected chi connectivity index (χ0v) is 10.8. The molecule has 80 valence electrons. The van der Waals surface area contributed by atoms with E-state index in [2.05, 4.69) is 32.7 Å². The lowest BCUT2D eigenvalue weighted by atomic mass is 10.1. The molecule has 2 rings (SSSR count). The van der Waals surface area contributed by atoms with E-state index in [0.717, 1.165) is 16.7 Å². The van der Waals surface area contributed by atoms with Crippen molar-refractivity contribution in [3.8, 4) is 0 Å². The topological polar surface area (TPSA) is 25.2 Å². The molecule has 0 saturated carbocycles. The molecule has 0 radical (unpaired) electrons. The number of halogens is 1. The minimum atomic E-state index is 0.326. The van der Waals surface area contributed by atoms with Crippen molar-refractivity contribution in [3.05, 3.63) is 45.0 Å². The van der Waals surface area contributed by atoms with Crippen LogP contribution in [0.2, 0.25) is 0 Å². The highest BCUT2D eigenvalue weighted by atomic mass is 79.9. The first-order valence-corrected chi connectivity index (χ1v) is 6.40. The molecule has 0 fully saturated rings. The van der Waals surface area contributed by atoms with Crippen molar-refractivity contribution in [2.75, 3.05) is 7.05 Å². The first kappa shape index (κ1) is 10.9. The van der Waals surface area contributed by atoms with E-state index in [-0.39, 0.29) is 0 Å². The van der Waals surface area contributed by atoms with Gasteiger partial charge in [0.25, 0.3) is 0 Å². The molecule has 0 amide bonds. The highest BCUT2D eigenvalue weighted by molar-refractivity contribution is 9.10. The number of hydrogen-bond acceptors (Lipinski definition) is 3. The zero-order chi connectivity index (χ0) is 10.7. The van der Waals surface area contributed by atoms with Gasteiger partial charge in [0, 0.05) is 27.2 Å². The first-order chi connectivity index (χ1) is 7.29. The van der Waals surface area contributed by atoms with Crippen molar-refractivity contribution in [1.82, 2.24) is 5.32 Å². The van der Waals surface area contributed by atoms with Crippen LogP contribution in [-0.4, -0.2) is 7.05 Å². The van der Waals surface area contributed by atoms with Crippen LogP contribution in [0.5, 0.6) is 0 Å². The lowest BCUT2D eigenvalue weighted by Gasteiger charge is -2.12. The largest absolute Gasteiger partial charge is 0.469 e. The Bertz CT molecular complexity index is 410. The summed E-state index contributed by atoms with van der Waals surface area (Å²) in [5.74, 6) is 1.01. The second-order valence-electron chi connectivity index (χ2n) is 3.29. The Hall–Kier alpha value is -0.580. The molecule has 0 aliphatic rings. The van der Waals surface area contributed by atoms with Crippen molar-refractivity contribution in [1.29, 1.82) is 0 Å². The van der Waals surface area contributed by atoms with E-state index in [4.69, 9.17) is 4.42 Å². The second kappa shape index (κ2) is 4.96. The minimum absolute atomic E-state index is 0.326. The van der Waals surface area contributed by atoms with Crippen LogP contribution in [0.4, 0.5) is 0 Å². The monoisotopic (exact) mass is 285 g/mol. The molecule has 2 aromatic rings.